The Bertz CT molecular complexity index is 445. The molecular weight excluding hydrogens is 228 g/mol. The van der Waals surface area contributed by atoms with Crippen LogP contribution in [0.4, 0.5) is 0 Å². The molecule has 0 amide bonds. The van der Waals surface area contributed by atoms with Crippen molar-refractivity contribution in [1.82, 2.24) is 0 Å². The van der Waals surface area contributed by atoms with Crippen molar-refractivity contribution in [2.24, 2.45) is 0 Å². The van der Waals surface area contributed by atoms with Crippen LogP contribution in [0.5, 0.6) is 5.75 Å². The Hall–Kier alpha value is -1.51. The molecule has 98 valence electrons. The van der Waals surface area contributed by atoms with E-state index < -0.39 is 11.4 Å². The van der Waals surface area contributed by atoms with Gasteiger partial charge in [-0.05, 0) is 37.0 Å². The zero-order chi connectivity index (χ0) is 13.2. The highest BCUT2D eigenvalue weighted by Gasteiger charge is 2.41. The maximum atomic E-state index is 11.7. The number of methoxy groups -OCH3 is 1. The summed E-state index contributed by atoms with van der Waals surface area (Å²) >= 11 is 0. The number of carboxylic acids is 1. The second kappa shape index (κ2) is 5.01. The average Bonchev–Trinajstić information content (AvgIpc) is 2.39. The Morgan fingerprint density at radius 1 is 1.28 bits per heavy atom. The van der Waals surface area contributed by atoms with E-state index in [9.17, 15) is 9.90 Å². The molecule has 2 rings (SSSR count). The van der Waals surface area contributed by atoms with Gasteiger partial charge in [-0.1, -0.05) is 31.4 Å². The van der Waals surface area contributed by atoms with E-state index in [2.05, 4.69) is 0 Å². The molecule has 0 saturated heterocycles. The first kappa shape index (κ1) is 12.9. The Labute approximate surface area is 108 Å². The van der Waals surface area contributed by atoms with Crippen molar-refractivity contribution in [2.75, 3.05) is 7.11 Å². The number of aliphatic carboxylic acids is 1. The van der Waals surface area contributed by atoms with Gasteiger partial charge in [-0.2, -0.15) is 0 Å². The van der Waals surface area contributed by atoms with E-state index in [0.717, 1.165) is 49.0 Å². The minimum absolute atomic E-state index is 0.685. The van der Waals surface area contributed by atoms with E-state index >= 15 is 0 Å². The summed E-state index contributed by atoms with van der Waals surface area (Å²) in [6, 6.07) is 5.76. The molecule has 1 fully saturated rings. The fourth-order valence-corrected chi connectivity index (χ4v) is 2.96. The van der Waals surface area contributed by atoms with E-state index in [1.165, 1.54) is 0 Å². The summed E-state index contributed by atoms with van der Waals surface area (Å²) in [5.41, 5.74) is 1.24. The number of carboxylic acid groups (broad SMARTS) is 1. The van der Waals surface area contributed by atoms with Crippen molar-refractivity contribution in [3.63, 3.8) is 0 Å². The van der Waals surface area contributed by atoms with Crippen LogP contribution in [-0.4, -0.2) is 18.2 Å². The van der Waals surface area contributed by atoms with E-state index in [0.29, 0.717) is 0 Å². The lowest BCUT2D eigenvalue weighted by Crippen LogP contribution is -2.37. The largest absolute Gasteiger partial charge is 0.496 e. The fraction of sp³-hybridized carbons (Fsp3) is 0.533. The van der Waals surface area contributed by atoms with Gasteiger partial charge in [0.2, 0.25) is 0 Å². The first-order chi connectivity index (χ1) is 8.60. The molecular formula is C15H20O3. The van der Waals surface area contributed by atoms with Gasteiger partial charge in [-0.3, -0.25) is 4.79 Å². The fourth-order valence-electron chi connectivity index (χ4n) is 2.96. The van der Waals surface area contributed by atoms with E-state index in [1.54, 1.807) is 7.11 Å². The Kier molecular flexibility index (Phi) is 3.60. The van der Waals surface area contributed by atoms with Gasteiger partial charge in [0, 0.05) is 0 Å². The average molecular weight is 248 g/mol. The Morgan fingerprint density at radius 3 is 2.44 bits per heavy atom. The highest BCUT2D eigenvalue weighted by atomic mass is 16.5. The van der Waals surface area contributed by atoms with Crippen LogP contribution < -0.4 is 4.74 Å². The lowest BCUT2D eigenvalue weighted by atomic mass is 9.69. The number of aryl methyl sites for hydroxylation is 1. The summed E-state index contributed by atoms with van der Waals surface area (Å²) in [6.07, 6.45) is 4.63. The standard InChI is InChI=1S/C15H20O3/c1-11-10-12(6-7-13(11)18-2)15(14(16)17)8-4-3-5-9-15/h6-7,10H,3-5,8-9H2,1-2H3,(H,16,17). The third kappa shape index (κ3) is 2.09. The maximum Gasteiger partial charge on any atom is 0.314 e. The van der Waals surface area contributed by atoms with Crippen LogP contribution in [0.1, 0.15) is 43.2 Å². The molecule has 3 nitrogen and oxygen atoms in total. The first-order valence-electron chi connectivity index (χ1n) is 6.49. The van der Waals surface area contributed by atoms with Gasteiger partial charge >= 0.3 is 5.97 Å². The molecule has 1 aromatic rings. The van der Waals surface area contributed by atoms with Crippen LogP contribution in [0.25, 0.3) is 0 Å². The van der Waals surface area contributed by atoms with Crippen molar-refractivity contribution in [3.05, 3.63) is 29.3 Å². The smallest absolute Gasteiger partial charge is 0.314 e. The molecule has 3 heteroatoms. The molecule has 1 saturated carbocycles. The van der Waals surface area contributed by atoms with Gasteiger partial charge in [0.15, 0.2) is 0 Å². The lowest BCUT2D eigenvalue weighted by Gasteiger charge is -2.34. The molecule has 1 N–H and O–H groups in total. The molecule has 0 aliphatic heterocycles. The molecule has 0 bridgehead atoms. The van der Waals surface area contributed by atoms with Gasteiger partial charge in [0.25, 0.3) is 0 Å². The molecule has 1 aliphatic rings. The monoisotopic (exact) mass is 248 g/mol. The van der Waals surface area contributed by atoms with Crippen LogP contribution in [0.2, 0.25) is 0 Å². The van der Waals surface area contributed by atoms with Crippen LogP contribution in [0.15, 0.2) is 18.2 Å². The Balaban J connectivity index is 2.43. The summed E-state index contributed by atoms with van der Waals surface area (Å²) in [6.45, 7) is 1.96. The minimum Gasteiger partial charge on any atom is -0.496 e. The second-order valence-electron chi connectivity index (χ2n) is 5.13. The van der Waals surface area contributed by atoms with Crippen LogP contribution in [0, 0.1) is 6.92 Å². The summed E-state index contributed by atoms with van der Waals surface area (Å²) in [5.74, 6) is 0.127. The molecule has 1 aliphatic carbocycles. The second-order valence-corrected chi connectivity index (χ2v) is 5.13. The van der Waals surface area contributed by atoms with E-state index in [4.69, 9.17) is 4.74 Å². The zero-order valence-corrected chi connectivity index (χ0v) is 11.0. The number of benzene rings is 1. The number of hydrogen-bond donors (Lipinski definition) is 1. The van der Waals surface area contributed by atoms with Crippen molar-refractivity contribution in [1.29, 1.82) is 0 Å². The topological polar surface area (TPSA) is 46.5 Å². The lowest BCUT2D eigenvalue weighted by molar-refractivity contribution is -0.145. The Morgan fingerprint density at radius 2 is 1.94 bits per heavy atom. The third-order valence-electron chi connectivity index (χ3n) is 4.06. The van der Waals surface area contributed by atoms with Gasteiger partial charge in [-0.25, -0.2) is 0 Å². The van der Waals surface area contributed by atoms with Crippen LogP contribution >= 0.6 is 0 Å². The maximum absolute atomic E-state index is 11.7. The van der Waals surface area contributed by atoms with Gasteiger partial charge in [-0.15, -0.1) is 0 Å². The number of rotatable bonds is 3. The third-order valence-corrected chi connectivity index (χ3v) is 4.06. The van der Waals surface area contributed by atoms with E-state index in [1.807, 2.05) is 25.1 Å². The van der Waals surface area contributed by atoms with Crippen LogP contribution in [-0.2, 0) is 10.2 Å². The zero-order valence-electron chi connectivity index (χ0n) is 11.0. The molecule has 0 atom stereocenters. The summed E-state index contributed by atoms with van der Waals surface area (Å²) in [7, 11) is 1.63. The SMILES string of the molecule is COc1ccc(C2(C(=O)O)CCCCC2)cc1C. The molecule has 0 radical (unpaired) electrons. The summed E-state index contributed by atoms with van der Waals surface area (Å²) in [4.78, 5) is 11.7. The van der Waals surface area contributed by atoms with Gasteiger partial charge in [0.1, 0.15) is 5.75 Å². The quantitative estimate of drug-likeness (QED) is 0.892. The highest BCUT2D eigenvalue weighted by molar-refractivity contribution is 5.81. The summed E-state index contributed by atoms with van der Waals surface area (Å²) in [5, 5.41) is 9.63. The highest BCUT2D eigenvalue weighted by Crippen LogP contribution is 2.40. The minimum atomic E-state index is -0.688. The molecule has 0 aromatic heterocycles. The van der Waals surface area contributed by atoms with Crippen LogP contribution in [0.3, 0.4) is 0 Å². The summed E-state index contributed by atoms with van der Waals surface area (Å²) < 4.78 is 5.23. The molecule has 0 spiro atoms. The van der Waals surface area contributed by atoms with Gasteiger partial charge < -0.3 is 9.84 Å². The number of ether oxygens (including phenoxy) is 1. The number of hydrogen-bond acceptors (Lipinski definition) is 2. The van der Waals surface area contributed by atoms with E-state index in [-0.39, 0.29) is 0 Å². The molecule has 0 unspecified atom stereocenters. The number of carbonyl (C=O) groups is 1. The molecule has 0 heterocycles. The molecule has 1 aromatic carbocycles. The predicted octanol–water partition coefficient (Wildman–Crippen LogP) is 3.29. The van der Waals surface area contributed by atoms with Crippen molar-refractivity contribution in [2.45, 2.75) is 44.4 Å². The normalized spacial score (nSPS) is 18.3. The van der Waals surface area contributed by atoms with Crippen molar-refractivity contribution < 1.29 is 14.6 Å². The first-order valence-corrected chi connectivity index (χ1v) is 6.49. The predicted molar refractivity (Wildman–Crippen MR) is 70.1 cm³/mol. The van der Waals surface area contributed by atoms with Crippen molar-refractivity contribution in [3.8, 4) is 5.75 Å². The van der Waals surface area contributed by atoms with Gasteiger partial charge in [0.05, 0.1) is 12.5 Å². The molecule has 18 heavy (non-hydrogen) atoms. The van der Waals surface area contributed by atoms with Crippen molar-refractivity contribution >= 4 is 5.97 Å².